The Labute approximate surface area is 145 Å². The summed E-state index contributed by atoms with van der Waals surface area (Å²) in [5.41, 5.74) is 1.35. The maximum Gasteiger partial charge on any atom is 0.324 e. The predicted octanol–water partition coefficient (Wildman–Crippen LogP) is 1.33. The van der Waals surface area contributed by atoms with Crippen molar-refractivity contribution in [3.8, 4) is 0 Å². The Morgan fingerprint density at radius 2 is 1.96 bits per heavy atom. The number of hydrogen-bond acceptors (Lipinski definition) is 4. The highest BCUT2D eigenvalue weighted by atomic mass is 19.1. The molecule has 134 valence electrons. The van der Waals surface area contributed by atoms with Crippen LogP contribution in [0.25, 0.3) is 0 Å². The zero-order valence-electron chi connectivity index (χ0n) is 14.1. The summed E-state index contributed by atoms with van der Waals surface area (Å²) >= 11 is 0. The van der Waals surface area contributed by atoms with Gasteiger partial charge in [-0.15, -0.1) is 0 Å². The van der Waals surface area contributed by atoms with Crippen LogP contribution in [0.4, 0.5) is 20.6 Å². The highest BCUT2D eigenvalue weighted by Crippen LogP contribution is 2.34. The van der Waals surface area contributed by atoms with Crippen LogP contribution in [0, 0.1) is 5.82 Å². The number of imide groups is 1. The van der Waals surface area contributed by atoms with E-state index in [0.29, 0.717) is 24.5 Å². The number of carbonyl (C=O) groups excluding carboxylic acids is 3. The summed E-state index contributed by atoms with van der Waals surface area (Å²) < 4.78 is 13.7. The van der Waals surface area contributed by atoms with Crippen LogP contribution in [0.5, 0.6) is 0 Å². The van der Waals surface area contributed by atoms with E-state index in [1.807, 2.05) is 6.92 Å². The van der Waals surface area contributed by atoms with Crippen molar-refractivity contribution in [3.63, 3.8) is 0 Å². The van der Waals surface area contributed by atoms with E-state index in [-0.39, 0.29) is 37.1 Å². The molecular weight excluding hydrogens is 327 g/mol. The van der Waals surface area contributed by atoms with Gasteiger partial charge in [0.25, 0.3) is 0 Å². The van der Waals surface area contributed by atoms with Gasteiger partial charge in [-0.1, -0.05) is 6.92 Å². The third kappa shape index (κ3) is 3.57. The lowest BCUT2D eigenvalue weighted by Gasteiger charge is -2.38. The molecule has 0 spiro atoms. The molecule has 1 N–H and O–H groups in total. The Bertz CT molecular complexity index is 709. The molecule has 1 aromatic rings. The zero-order chi connectivity index (χ0) is 18.0. The number of nitrogens with zero attached hydrogens (tertiary/aromatic N) is 3. The van der Waals surface area contributed by atoms with E-state index >= 15 is 0 Å². The lowest BCUT2D eigenvalue weighted by molar-refractivity contribution is -0.124. The van der Waals surface area contributed by atoms with E-state index in [9.17, 15) is 18.8 Å². The van der Waals surface area contributed by atoms with E-state index < -0.39 is 6.03 Å². The molecule has 0 aliphatic carbocycles. The van der Waals surface area contributed by atoms with E-state index in [4.69, 9.17) is 0 Å². The normalized spacial score (nSPS) is 17.4. The number of benzene rings is 1. The first-order valence-electron chi connectivity index (χ1n) is 8.43. The molecule has 2 aliphatic rings. The van der Waals surface area contributed by atoms with Crippen molar-refractivity contribution in [3.05, 3.63) is 24.0 Å². The van der Waals surface area contributed by atoms with Gasteiger partial charge >= 0.3 is 6.03 Å². The number of rotatable bonds is 4. The molecular formula is C17H21FN4O3. The fraction of sp³-hybridized carbons (Fsp3) is 0.471. The molecule has 0 unspecified atom stereocenters. The number of hydrogen-bond donors (Lipinski definition) is 1. The highest BCUT2D eigenvalue weighted by Gasteiger charge is 2.30. The molecule has 1 aromatic carbocycles. The monoisotopic (exact) mass is 348 g/mol. The van der Waals surface area contributed by atoms with Crippen molar-refractivity contribution in [2.75, 3.05) is 42.5 Å². The fourth-order valence-corrected chi connectivity index (χ4v) is 3.20. The van der Waals surface area contributed by atoms with E-state index in [1.165, 1.54) is 17.0 Å². The predicted molar refractivity (Wildman–Crippen MR) is 91.0 cm³/mol. The summed E-state index contributed by atoms with van der Waals surface area (Å²) in [6.45, 7) is 4.04. The minimum atomic E-state index is -0.548. The molecule has 1 saturated heterocycles. The van der Waals surface area contributed by atoms with Gasteiger partial charge in [-0.2, -0.15) is 0 Å². The molecule has 2 aliphatic heterocycles. The van der Waals surface area contributed by atoms with Gasteiger partial charge in [0.2, 0.25) is 11.8 Å². The second-order valence-electron chi connectivity index (χ2n) is 6.19. The minimum absolute atomic E-state index is 0.107. The number of halogens is 1. The Hall–Kier alpha value is -2.64. The summed E-state index contributed by atoms with van der Waals surface area (Å²) in [7, 11) is 0. The number of carbonyl (C=O) groups is 3. The summed E-state index contributed by atoms with van der Waals surface area (Å²) in [6, 6.07) is 3.83. The Morgan fingerprint density at radius 1 is 1.16 bits per heavy atom. The lowest BCUT2D eigenvalue weighted by Crippen LogP contribution is -2.54. The fourth-order valence-electron chi connectivity index (χ4n) is 3.20. The van der Waals surface area contributed by atoms with Crippen molar-refractivity contribution in [2.24, 2.45) is 0 Å². The van der Waals surface area contributed by atoms with Gasteiger partial charge in [0.1, 0.15) is 12.4 Å². The third-order valence-electron chi connectivity index (χ3n) is 4.43. The van der Waals surface area contributed by atoms with E-state index in [2.05, 4.69) is 10.2 Å². The molecule has 0 saturated carbocycles. The quantitative estimate of drug-likeness (QED) is 0.891. The van der Waals surface area contributed by atoms with Crippen LogP contribution in [0.3, 0.4) is 0 Å². The average molecular weight is 348 g/mol. The average Bonchev–Trinajstić information content (AvgIpc) is 2.58. The van der Waals surface area contributed by atoms with Crippen molar-refractivity contribution in [2.45, 2.75) is 19.8 Å². The largest absolute Gasteiger partial charge is 0.368 e. The molecule has 0 bridgehead atoms. The SMILES string of the molecule is CCCN1CCN(C(=O)CN2CCC(=O)NC2=O)c2ccc(F)cc21. The first-order chi connectivity index (χ1) is 12.0. The lowest BCUT2D eigenvalue weighted by atomic mass is 10.1. The first-order valence-corrected chi connectivity index (χ1v) is 8.43. The standard InChI is InChI=1S/C17H21FN4O3/c1-2-6-20-8-9-22(13-4-3-12(18)10-14(13)20)16(24)11-21-7-5-15(23)19-17(21)25/h3-4,10H,2,5-9,11H2,1H3,(H,19,23,25). The van der Waals surface area contributed by atoms with Crippen molar-refractivity contribution >= 4 is 29.2 Å². The van der Waals surface area contributed by atoms with Crippen LogP contribution >= 0.6 is 0 Å². The summed E-state index contributed by atoms with van der Waals surface area (Å²) in [5.74, 6) is -0.917. The number of nitrogens with one attached hydrogen (secondary N) is 1. The highest BCUT2D eigenvalue weighted by molar-refractivity contribution is 6.02. The molecule has 1 fully saturated rings. The van der Waals surface area contributed by atoms with Gasteiger partial charge in [0, 0.05) is 32.6 Å². The topological polar surface area (TPSA) is 73.0 Å². The maximum absolute atomic E-state index is 13.7. The molecule has 2 heterocycles. The first kappa shape index (κ1) is 17.2. The Morgan fingerprint density at radius 3 is 2.68 bits per heavy atom. The van der Waals surface area contributed by atoms with Crippen LogP contribution in [0.2, 0.25) is 0 Å². The van der Waals surface area contributed by atoms with Crippen LogP contribution in [-0.2, 0) is 9.59 Å². The molecule has 4 amide bonds. The molecule has 25 heavy (non-hydrogen) atoms. The van der Waals surface area contributed by atoms with Crippen molar-refractivity contribution in [1.29, 1.82) is 0 Å². The van der Waals surface area contributed by atoms with Crippen LogP contribution in [-0.4, -0.2) is 55.5 Å². The second-order valence-corrected chi connectivity index (χ2v) is 6.19. The van der Waals surface area contributed by atoms with Crippen LogP contribution < -0.4 is 15.1 Å². The van der Waals surface area contributed by atoms with E-state index in [1.54, 1.807) is 11.0 Å². The summed E-state index contributed by atoms with van der Waals surface area (Å²) in [4.78, 5) is 40.7. The third-order valence-corrected chi connectivity index (χ3v) is 4.43. The summed E-state index contributed by atoms with van der Waals surface area (Å²) in [6.07, 6.45) is 1.11. The van der Waals surface area contributed by atoms with Crippen molar-refractivity contribution in [1.82, 2.24) is 10.2 Å². The number of fused-ring (bicyclic) bond motifs is 1. The van der Waals surface area contributed by atoms with Gasteiger partial charge in [-0.25, -0.2) is 9.18 Å². The molecule has 8 heteroatoms. The van der Waals surface area contributed by atoms with Gasteiger partial charge in [0.05, 0.1) is 11.4 Å². The molecule has 0 atom stereocenters. The molecule has 3 rings (SSSR count). The minimum Gasteiger partial charge on any atom is -0.368 e. The molecule has 0 radical (unpaired) electrons. The van der Waals surface area contributed by atoms with Crippen molar-refractivity contribution < 1.29 is 18.8 Å². The Balaban J connectivity index is 1.78. The number of amides is 4. The van der Waals surface area contributed by atoms with Gasteiger partial charge in [-0.3, -0.25) is 14.9 Å². The smallest absolute Gasteiger partial charge is 0.324 e. The van der Waals surface area contributed by atoms with Crippen LogP contribution in [0.15, 0.2) is 18.2 Å². The summed E-state index contributed by atoms with van der Waals surface area (Å²) in [5, 5.41) is 2.21. The maximum atomic E-state index is 13.7. The molecule has 0 aromatic heterocycles. The van der Waals surface area contributed by atoms with Gasteiger partial charge in [0.15, 0.2) is 0 Å². The second kappa shape index (κ2) is 7.08. The van der Waals surface area contributed by atoms with Gasteiger partial charge in [-0.05, 0) is 24.6 Å². The molecule has 7 nitrogen and oxygen atoms in total. The number of anilines is 2. The Kier molecular flexibility index (Phi) is 4.87. The number of urea groups is 1. The van der Waals surface area contributed by atoms with E-state index in [0.717, 1.165) is 13.0 Å². The van der Waals surface area contributed by atoms with Crippen LogP contribution in [0.1, 0.15) is 19.8 Å². The zero-order valence-corrected chi connectivity index (χ0v) is 14.1. The van der Waals surface area contributed by atoms with Gasteiger partial charge < -0.3 is 14.7 Å².